The third-order valence-corrected chi connectivity index (χ3v) is 8.26. The fourth-order valence-electron chi connectivity index (χ4n) is 4.42. The predicted octanol–water partition coefficient (Wildman–Crippen LogP) is 4.73. The third kappa shape index (κ3) is 5.72. The summed E-state index contributed by atoms with van der Waals surface area (Å²) in [6.45, 7) is 10.9. The molecule has 9 heteroatoms. The smallest absolute Gasteiger partial charge is 0.417 e. The second kappa shape index (κ2) is 10.3. The van der Waals surface area contributed by atoms with Gasteiger partial charge in [-0.05, 0) is 58.7 Å². The normalized spacial score (nSPS) is 19.9. The zero-order valence-corrected chi connectivity index (χ0v) is 22.9. The summed E-state index contributed by atoms with van der Waals surface area (Å²) in [5.74, 6) is -1.21. The molecule has 2 heterocycles. The van der Waals surface area contributed by atoms with E-state index in [1.807, 2.05) is 95.3 Å². The van der Waals surface area contributed by atoms with Gasteiger partial charge >= 0.3 is 6.09 Å². The molecule has 1 fully saturated rings. The van der Waals surface area contributed by atoms with E-state index in [-0.39, 0.29) is 0 Å². The molecule has 0 unspecified atom stereocenters. The van der Waals surface area contributed by atoms with Crippen LogP contribution in [0.5, 0.6) is 0 Å². The van der Waals surface area contributed by atoms with E-state index in [1.54, 1.807) is 6.92 Å². The first kappa shape index (κ1) is 26.9. The first-order valence-corrected chi connectivity index (χ1v) is 13.5. The van der Waals surface area contributed by atoms with Gasteiger partial charge in [-0.15, -0.1) is 0 Å². The first-order valence-electron chi connectivity index (χ1n) is 12.4. The van der Waals surface area contributed by atoms with Crippen molar-refractivity contribution in [1.82, 2.24) is 19.8 Å². The number of nitrogens with one attached hydrogen (secondary N) is 1. The summed E-state index contributed by atoms with van der Waals surface area (Å²) in [4.78, 5) is 28.2. The lowest BCUT2D eigenvalue weighted by atomic mass is 9.90. The molecular weight excluding hydrogens is 488 g/mol. The van der Waals surface area contributed by atoms with Crippen molar-refractivity contribution in [2.75, 3.05) is 0 Å². The van der Waals surface area contributed by atoms with Gasteiger partial charge in [-0.2, -0.15) is 10.2 Å². The zero-order chi connectivity index (χ0) is 27.0. The molecule has 1 saturated heterocycles. The highest BCUT2D eigenvalue weighted by Crippen LogP contribution is 2.35. The molecule has 196 valence electrons. The molecule has 1 aliphatic heterocycles. The summed E-state index contributed by atoms with van der Waals surface area (Å²) >= 11 is 0. The summed E-state index contributed by atoms with van der Waals surface area (Å²) < 4.78 is 21.3. The minimum absolute atomic E-state index is 0.421. The molecule has 1 aromatic heterocycles. The fraction of sp³-hybridized carbons (Fsp3) is 0.429. The van der Waals surface area contributed by atoms with Crippen molar-refractivity contribution in [3.8, 4) is 0 Å². The maximum absolute atomic E-state index is 14.0. The number of carbonyl (C=O) groups is 2. The average Bonchev–Trinajstić information content (AvgIpc) is 3.08. The molecule has 37 heavy (non-hydrogen) atoms. The minimum Gasteiger partial charge on any atom is -0.441 e. The van der Waals surface area contributed by atoms with Crippen LogP contribution in [0.2, 0.25) is 0 Å². The number of hydrogen-bond acceptors (Lipinski definition) is 6. The summed E-state index contributed by atoms with van der Waals surface area (Å²) in [5.41, 5.74) is 1.31. The molecule has 4 rings (SSSR count). The maximum Gasteiger partial charge on any atom is 0.417 e. The van der Waals surface area contributed by atoms with Gasteiger partial charge in [0.25, 0.3) is 0 Å². The van der Waals surface area contributed by atoms with Crippen LogP contribution in [0.15, 0.2) is 60.7 Å². The third-order valence-electron chi connectivity index (χ3n) is 6.68. The molecular formula is C28H34N4O4S. The van der Waals surface area contributed by atoms with Gasteiger partial charge in [0, 0.05) is 5.39 Å². The van der Waals surface area contributed by atoms with Gasteiger partial charge in [0.15, 0.2) is 0 Å². The van der Waals surface area contributed by atoms with Crippen molar-refractivity contribution in [2.45, 2.75) is 70.4 Å². The average molecular weight is 523 g/mol. The van der Waals surface area contributed by atoms with Crippen LogP contribution in [-0.4, -0.2) is 47.7 Å². The van der Waals surface area contributed by atoms with Crippen LogP contribution < -0.4 is 4.72 Å². The number of hydrogen-bond donors (Lipinski definition) is 1. The Morgan fingerprint density at radius 1 is 1.11 bits per heavy atom. The predicted molar refractivity (Wildman–Crippen MR) is 144 cm³/mol. The fourth-order valence-corrected chi connectivity index (χ4v) is 5.33. The quantitative estimate of drug-likeness (QED) is 0.482. The van der Waals surface area contributed by atoms with Gasteiger partial charge in [0.05, 0.1) is 44.9 Å². The Morgan fingerprint density at radius 2 is 1.76 bits per heavy atom. The topological polar surface area (TPSA) is 101 Å². The summed E-state index contributed by atoms with van der Waals surface area (Å²) in [6, 6.07) is 17.8. The first-order chi connectivity index (χ1) is 17.4. The van der Waals surface area contributed by atoms with Gasteiger partial charge in [-0.25, -0.2) is 18.6 Å². The molecule has 1 aliphatic rings. The van der Waals surface area contributed by atoms with E-state index < -0.39 is 51.3 Å². The molecule has 2 amide bonds. The number of carbonyl (C=O) groups excluding carboxylic acids is 2. The van der Waals surface area contributed by atoms with Crippen LogP contribution in [0.25, 0.3) is 10.9 Å². The number of rotatable bonds is 7. The van der Waals surface area contributed by atoms with E-state index >= 15 is 0 Å². The van der Waals surface area contributed by atoms with E-state index in [0.29, 0.717) is 17.6 Å². The number of nitrogens with zero attached hydrogens (tertiary/aromatic N) is 3. The van der Waals surface area contributed by atoms with Crippen LogP contribution in [0.1, 0.15) is 58.8 Å². The number of amides is 2. The van der Waals surface area contributed by atoms with Crippen molar-refractivity contribution in [2.24, 2.45) is 5.92 Å². The SMILES string of the molecule is C[C@@H](C(=O)N1C(=O)OC(C)(C)[C@@H]1Cc1ccccc1)[C@@H](N[S@](=O)C(C)(C)C)c1cc2ccccc2nn1. The Kier molecular flexibility index (Phi) is 7.48. The Morgan fingerprint density at radius 3 is 2.43 bits per heavy atom. The van der Waals surface area contributed by atoms with E-state index in [4.69, 9.17) is 4.74 Å². The van der Waals surface area contributed by atoms with Crippen LogP contribution >= 0.6 is 0 Å². The Hall–Kier alpha value is -3.17. The minimum atomic E-state index is -1.51. The second-order valence-electron chi connectivity index (χ2n) is 11.0. The molecule has 0 radical (unpaired) electrons. The van der Waals surface area contributed by atoms with Crippen LogP contribution in [-0.2, 0) is 26.9 Å². The highest BCUT2D eigenvalue weighted by atomic mass is 32.2. The van der Waals surface area contributed by atoms with Gasteiger partial charge in [0.2, 0.25) is 5.91 Å². The van der Waals surface area contributed by atoms with E-state index in [0.717, 1.165) is 10.9 Å². The molecule has 1 N–H and O–H groups in total. The van der Waals surface area contributed by atoms with Gasteiger partial charge in [-0.1, -0.05) is 55.5 Å². The molecule has 8 nitrogen and oxygen atoms in total. The van der Waals surface area contributed by atoms with Crippen LogP contribution in [0.3, 0.4) is 0 Å². The highest BCUT2D eigenvalue weighted by molar-refractivity contribution is 7.84. The van der Waals surface area contributed by atoms with Crippen molar-refractivity contribution < 1.29 is 18.5 Å². The van der Waals surface area contributed by atoms with E-state index in [9.17, 15) is 13.8 Å². The standard InChI is InChI=1S/C28H34N4O4S/c1-18(25(33)32-23(28(5,6)36-26(32)34)16-19-12-8-7-9-13-19)24(31-37(35)27(2,3)4)22-17-20-14-10-11-15-21(20)29-30-22/h7-15,17-18,23-24,31H,16H2,1-6H3/t18-,23+,24-,37-/m1/s1. The number of fused-ring (bicyclic) bond motifs is 1. The lowest BCUT2D eigenvalue weighted by molar-refractivity contribution is -0.134. The van der Waals surface area contributed by atoms with Gasteiger partial charge in [-0.3, -0.25) is 4.79 Å². The summed E-state index contributed by atoms with van der Waals surface area (Å²) in [5, 5.41) is 9.54. The molecule has 3 aromatic rings. The van der Waals surface area contributed by atoms with Gasteiger partial charge in [0.1, 0.15) is 5.60 Å². The number of cyclic esters (lactones) is 1. The molecule has 2 aromatic carbocycles. The van der Waals surface area contributed by atoms with Crippen molar-refractivity contribution in [1.29, 1.82) is 0 Å². The van der Waals surface area contributed by atoms with Crippen molar-refractivity contribution in [3.05, 3.63) is 71.9 Å². The molecule has 4 atom stereocenters. The van der Waals surface area contributed by atoms with E-state index in [1.165, 1.54) is 4.90 Å². The van der Waals surface area contributed by atoms with Gasteiger partial charge < -0.3 is 4.74 Å². The van der Waals surface area contributed by atoms with Crippen molar-refractivity contribution >= 4 is 33.9 Å². The lowest BCUT2D eigenvalue weighted by Crippen LogP contribution is -2.50. The van der Waals surface area contributed by atoms with Crippen LogP contribution in [0, 0.1) is 5.92 Å². The zero-order valence-electron chi connectivity index (χ0n) is 22.1. The van der Waals surface area contributed by atoms with E-state index in [2.05, 4.69) is 14.9 Å². The number of benzene rings is 2. The summed E-state index contributed by atoms with van der Waals surface area (Å²) in [6.07, 6.45) is -0.220. The Labute approximate surface area is 220 Å². The largest absolute Gasteiger partial charge is 0.441 e. The van der Waals surface area contributed by atoms with Crippen molar-refractivity contribution in [3.63, 3.8) is 0 Å². The molecule has 0 bridgehead atoms. The maximum atomic E-state index is 14.0. The number of aromatic nitrogens is 2. The second-order valence-corrected chi connectivity index (χ2v) is 13.0. The monoisotopic (exact) mass is 522 g/mol. The Bertz CT molecular complexity index is 1320. The Balaban J connectivity index is 1.70. The lowest BCUT2D eigenvalue weighted by Gasteiger charge is -2.32. The summed E-state index contributed by atoms with van der Waals surface area (Å²) in [7, 11) is -1.51. The van der Waals surface area contributed by atoms with Crippen LogP contribution in [0.4, 0.5) is 4.79 Å². The number of ether oxygens (including phenoxy) is 1. The molecule has 0 spiro atoms. The molecule has 0 aliphatic carbocycles. The highest BCUT2D eigenvalue weighted by Gasteiger charge is 2.52. The molecule has 0 saturated carbocycles. The number of imide groups is 1.